The van der Waals surface area contributed by atoms with Gasteiger partial charge >= 0.3 is 0 Å². The Labute approximate surface area is 208 Å². The van der Waals surface area contributed by atoms with E-state index in [-0.39, 0.29) is 11.3 Å². The van der Waals surface area contributed by atoms with E-state index in [4.69, 9.17) is 4.74 Å². The van der Waals surface area contributed by atoms with Gasteiger partial charge in [-0.2, -0.15) is 4.39 Å². The van der Waals surface area contributed by atoms with Gasteiger partial charge in [-0.1, -0.05) is 54.6 Å². The molecule has 0 saturated heterocycles. The number of benzene rings is 3. The van der Waals surface area contributed by atoms with Gasteiger partial charge in [-0.05, 0) is 105 Å². The molecular formula is C32H36F2O. The molecule has 0 spiro atoms. The maximum atomic E-state index is 14.5. The molecule has 3 heteroatoms. The van der Waals surface area contributed by atoms with Crippen LogP contribution in [0.4, 0.5) is 8.78 Å². The molecule has 1 fully saturated rings. The van der Waals surface area contributed by atoms with Crippen molar-refractivity contribution in [1.29, 1.82) is 0 Å². The first-order valence-electron chi connectivity index (χ1n) is 13.0. The zero-order valence-corrected chi connectivity index (χ0v) is 20.7. The molecule has 1 aliphatic carbocycles. The van der Waals surface area contributed by atoms with E-state index in [1.165, 1.54) is 54.9 Å². The molecule has 0 bridgehead atoms. The van der Waals surface area contributed by atoms with E-state index in [0.717, 1.165) is 25.2 Å². The number of hydrogen-bond acceptors (Lipinski definition) is 1. The highest BCUT2D eigenvalue weighted by molar-refractivity contribution is 5.65. The Hall–Kier alpha value is -2.94. The van der Waals surface area contributed by atoms with E-state index in [2.05, 4.69) is 30.8 Å². The Bertz CT molecular complexity index is 1090. The van der Waals surface area contributed by atoms with Gasteiger partial charge in [0.25, 0.3) is 0 Å². The minimum absolute atomic E-state index is 0.0485. The van der Waals surface area contributed by atoms with Gasteiger partial charge in [-0.3, -0.25) is 0 Å². The molecule has 4 rings (SSSR count). The Morgan fingerprint density at radius 2 is 1.46 bits per heavy atom. The summed E-state index contributed by atoms with van der Waals surface area (Å²) in [4.78, 5) is 0. The zero-order valence-electron chi connectivity index (χ0n) is 20.7. The van der Waals surface area contributed by atoms with Crippen molar-refractivity contribution in [2.24, 2.45) is 5.92 Å². The second-order valence-electron chi connectivity index (χ2n) is 9.69. The molecule has 184 valence electrons. The summed E-state index contributed by atoms with van der Waals surface area (Å²) in [5, 5.41) is 0. The van der Waals surface area contributed by atoms with Crippen LogP contribution in [0.1, 0.15) is 68.1 Å². The predicted octanol–water partition coefficient (Wildman–Crippen LogP) is 9.06. The molecule has 0 heterocycles. The molecule has 3 aromatic rings. The SMILES string of the molecule is C=CCCC1CCC(c2ccc(CCc3ccc(-c4ccc(OCC)c(F)c4F)cc3)cc2)CC1. The summed E-state index contributed by atoms with van der Waals surface area (Å²) < 4.78 is 33.9. The van der Waals surface area contributed by atoms with Crippen LogP contribution in [0, 0.1) is 17.6 Å². The first kappa shape index (κ1) is 25.2. The van der Waals surface area contributed by atoms with Crippen molar-refractivity contribution in [3.05, 3.63) is 102 Å². The largest absolute Gasteiger partial charge is 0.491 e. The van der Waals surface area contributed by atoms with Crippen molar-refractivity contribution in [2.75, 3.05) is 6.61 Å². The maximum Gasteiger partial charge on any atom is 0.201 e. The molecule has 35 heavy (non-hydrogen) atoms. The van der Waals surface area contributed by atoms with E-state index in [1.54, 1.807) is 13.0 Å². The van der Waals surface area contributed by atoms with Gasteiger partial charge in [-0.15, -0.1) is 6.58 Å². The second kappa shape index (κ2) is 12.2. The minimum atomic E-state index is -0.933. The molecule has 0 unspecified atom stereocenters. The lowest BCUT2D eigenvalue weighted by atomic mass is 9.77. The van der Waals surface area contributed by atoms with Gasteiger partial charge in [0.15, 0.2) is 11.6 Å². The van der Waals surface area contributed by atoms with Crippen LogP contribution in [-0.2, 0) is 12.8 Å². The fourth-order valence-corrected chi connectivity index (χ4v) is 5.26. The summed E-state index contributed by atoms with van der Waals surface area (Å²) in [7, 11) is 0. The van der Waals surface area contributed by atoms with E-state index >= 15 is 0 Å². The van der Waals surface area contributed by atoms with Gasteiger partial charge in [0.1, 0.15) is 0 Å². The average molecular weight is 475 g/mol. The van der Waals surface area contributed by atoms with Gasteiger partial charge in [0.2, 0.25) is 5.82 Å². The van der Waals surface area contributed by atoms with Crippen LogP contribution in [0.3, 0.4) is 0 Å². The third-order valence-corrected chi connectivity index (χ3v) is 7.39. The normalized spacial score (nSPS) is 17.8. The molecule has 1 nitrogen and oxygen atoms in total. The van der Waals surface area contributed by atoms with Crippen LogP contribution in [0.5, 0.6) is 5.75 Å². The molecule has 0 N–H and O–H groups in total. The summed E-state index contributed by atoms with van der Waals surface area (Å²) in [5.74, 6) is -0.275. The van der Waals surface area contributed by atoms with E-state index in [1.807, 2.05) is 30.3 Å². The Balaban J connectivity index is 1.31. The predicted molar refractivity (Wildman–Crippen MR) is 141 cm³/mol. The van der Waals surface area contributed by atoms with Crippen LogP contribution in [0.15, 0.2) is 73.3 Å². The average Bonchev–Trinajstić information content (AvgIpc) is 2.90. The highest BCUT2D eigenvalue weighted by atomic mass is 19.2. The van der Waals surface area contributed by atoms with Crippen molar-refractivity contribution in [1.82, 2.24) is 0 Å². The molecule has 1 saturated carbocycles. The summed E-state index contributed by atoms with van der Waals surface area (Å²) in [6.07, 6.45) is 11.6. The fraction of sp³-hybridized carbons (Fsp3) is 0.375. The van der Waals surface area contributed by atoms with E-state index in [9.17, 15) is 8.78 Å². The molecule has 3 aromatic carbocycles. The highest BCUT2D eigenvalue weighted by Gasteiger charge is 2.21. The standard InChI is InChI=1S/C32H36F2O/c1-3-5-6-23-9-15-26(16-10-23)27-17-11-24(12-18-27)7-8-25-13-19-28(20-14-25)29-21-22-30(35-4-2)32(34)31(29)33/h3,11-14,17-23,26H,1,4-10,15-16H2,2H3. The smallest absolute Gasteiger partial charge is 0.201 e. The number of aryl methyl sites for hydroxylation is 2. The number of allylic oxidation sites excluding steroid dienone is 1. The molecule has 0 aromatic heterocycles. The van der Waals surface area contributed by atoms with E-state index in [0.29, 0.717) is 18.1 Å². The third-order valence-electron chi connectivity index (χ3n) is 7.39. The highest BCUT2D eigenvalue weighted by Crippen LogP contribution is 2.37. The lowest BCUT2D eigenvalue weighted by molar-refractivity contribution is 0.312. The molecule has 0 aliphatic heterocycles. The summed E-state index contributed by atoms with van der Waals surface area (Å²) in [5.41, 5.74) is 4.91. The first-order chi connectivity index (χ1) is 17.1. The summed E-state index contributed by atoms with van der Waals surface area (Å²) >= 11 is 0. The monoisotopic (exact) mass is 474 g/mol. The topological polar surface area (TPSA) is 9.23 Å². The molecule has 0 radical (unpaired) electrons. The van der Waals surface area contributed by atoms with Crippen LogP contribution in [0.2, 0.25) is 0 Å². The van der Waals surface area contributed by atoms with E-state index < -0.39 is 11.6 Å². The van der Waals surface area contributed by atoms with Crippen molar-refractivity contribution >= 4 is 0 Å². The van der Waals surface area contributed by atoms with Crippen LogP contribution in [0.25, 0.3) is 11.1 Å². The van der Waals surface area contributed by atoms with Gasteiger partial charge < -0.3 is 4.74 Å². The minimum Gasteiger partial charge on any atom is -0.491 e. The first-order valence-corrected chi connectivity index (χ1v) is 13.0. The quantitative estimate of drug-likeness (QED) is 0.266. The van der Waals surface area contributed by atoms with Gasteiger partial charge in [0.05, 0.1) is 6.61 Å². The number of halogens is 2. The Morgan fingerprint density at radius 3 is 2.06 bits per heavy atom. The second-order valence-corrected chi connectivity index (χ2v) is 9.69. The Kier molecular flexibility index (Phi) is 8.74. The van der Waals surface area contributed by atoms with Crippen molar-refractivity contribution < 1.29 is 13.5 Å². The third kappa shape index (κ3) is 6.39. The number of hydrogen-bond donors (Lipinski definition) is 0. The lowest BCUT2D eigenvalue weighted by Crippen LogP contribution is -2.13. The van der Waals surface area contributed by atoms with Crippen molar-refractivity contribution in [3.63, 3.8) is 0 Å². The summed E-state index contributed by atoms with van der Waals surface area (Å²) in [6, 6.07) is 20.0. The summed E-state index contributed by atoms with van der Waals surface area (Å²) in [6.45, 7) is 5.89. The van der Waals surface area contributed by atoms with Crippen LogP contribution < -0.4 is 4.74 Å². The van der Waals surface area contributed by atoms with Gasteiger partial charge in [-0.25, -0.2) is 4.39 Å². The number of rotatable bonds is 10. The molecule has 0 atom stereocenters. The van der Waals surface area contributed by atoms with Crippen molar-refractivity contribution in [2.45, 2.75) is 64.2 Å². The fourth-order valence-electron chi connectivity index (χ4n) is 5.26. The molecular weight excluding hydrogens is 438 g/mol. The molecule has 1 aliphatic rings. The van der Waals surface area contributed by atoms with Crippen molar-refractivity contribution in [3.8, 4) is 16.9 Å². The maximum absolute atomic E-state index is 14.5. The zero-order chi connectivity index (χ0) is 24.6. The lowest BCUT2D eigenvalue weighted by Gasteiger charge is -2.28. The Morgan fingerprint density at radius 1 is 0.829 bits per heavy atom. The number of ether oxygens (including phenoxy) is 1. The van der Waals surface area contributed by atoms with Crippen LogP contribution in [-0.4, -0.2) is 6.61 Å². The van der Waals surface area contributed by atoms with Gasteiger partial charge in [0, 0.05) is 5.56 Å². The van der Waals surface area contributed by atoms with Crippen LogP contribution >= 0.6 is 0 Å². The molecule has 0 amide bonds.